The molecule has 2 aromatic carbocycles. The minimum Gasteiger partial charge on any atom is -0.479 e. The highest BCUT2D eigenvalue weighted by Gasteiger charge is 2.17. The normalized spacial score (nSPS) is 11.0. The fraction of sp³-hybridized carbons (Fsp3) is 0.118. The summed E-state index contributed by atoms with van der Waals surface area (Å²) < 4.78 is 5.45. The van der Waals surface area contributed by atoms with Crippen LogP contribution in [-0.2, 0) is 4.79 Å². The molecule has 7 heteroatoms. The van der Waals surface area contributed by atoms with Gasteiger partial charge in [0.1, 0.15) is 11.8 Å². The lowest BCUT2D eigenvalue weighted by Gasteiger charge is -2.15. The van der Waals surface area contributed by atoms with Crippen molar-refractivity contribution in [3.63, 3.8) is 0 Å². The zero-order valence-corrected chi connectivity index (χ0v) is 13.5. The Morgan fingerprint density at radius 3 is 2.46 bits per heavy atom. The number of para-hydroxylation sites is 1. The second-order valence-corrected chi connectivity index (χ2v) is 5.25. The van der Waals surface area contributed by atoms with Crippen LogP contribution in [0.4, 0.5) is 0 Å². The summed E-state index contributed by atoms with van der Waals surface area (Å²) in [6.45, 7) is 1.51. The van der Waals surface area contributed by atoms with Gasteiger partial charge in [-0.1, -0.05) is 23.7 Å². The van der Waals surface area contributed by atoms with Gasteiger partial charge < -0.3 is 4.74 Å². The van der Waals surface area contributed by atoms with Crippen molar-refractivity contribution in [1.29, 1.82) is 5.26 Å². The minimum absolute atomic E-state index is 0.298. The third kappa shape index (κ3) is 4.48. The van der Waals surface area contributed by atoms with E-state index in [4.69, 9.17) is 21.6 Å². The second-order valence-electron chi connectivity index (χ2n) is 4.82. The van der Waals surface area contributed by atoms with Gasteiger partial charge in [0.15, 0.2) is 6.10 Å². The summed E-state index contributed by atoms with van der Waals surface area (Å²) in [5.41, 5.74) is 5.23. The molecule has 6 nitrogen and oxygen atoms in total. The highest BCUT2D eigenvalue weighted by molar-refractivity contribution is 6.30. The smallest absolute Gasteiger partial charge is 0.279 e. The monoisotopic (exact) mass is 343 g/mol. The number of benzene rings is 2. The Labute approximate surface area is 144 Å². The predicted molar refractivity (Wildman–Crippen MR) is 88.3 cm³/mol. The predicted octanol–water partition coefficient (Wildman–Crippen LogP) is 2.44. The molecule has 0 aliphatic heterocycles. The number of rotatable bonds is 4. The SMILES string of the molecule is CC(Oc1ccccc1C#N)C(=O)NNC(=O)c1ccc(Cl)cc1. The molecule has 0 aliphatic rings. The molecule has 2 rings (SSSR count). The molecule has 0 spiro atoms. The number of nitrogens with one attached hydrogen (secondary N) is 2. The topological polar surface area (TPSA) is 91.2 Å². The average Bonchev–Trinajstić information content (AvgIpc) is 2.60. The van der Waals surface area contributed by atoms with Crippen LogP contribution in [0.15, 0.2) is 48.5 Å². The van der Waals surface area contributed by atoms with Crippen molar-refractivity contribution in [1.82, 2.24) is 10.9 Å². The van der Waals surface area contributed by atoms with Crippen LogP contribution in [0.1, 0.15) is 22.8 Å². The largest absolute Gasteiger partial charge is 0.479 e. The van der Waals surface area contributed by atoms with Crippen molar-refractivity contribution in [3.8, 4) is 11.8 Å². The Morgan fingerprint density at radius 1 is 1.12 bits per heavy atom. The van der Waals surface area contributed by atoms with Gasteiger partial charge in [-0.05, 0) is 43.3 Å². The molecule has 122 valence electrons. The quantitative estimate of drug-likeness (QED) is 0.834. The lowest BCUT2D eigenvalue weighted by molar-refractivity contribution is -0.128. The summed E-state index contributed by atoms with van der Waals surface area (Å²) in [7, 11) is 0. The molecule has 0 radical (unpaired) electrons. The highest BCUT2D eigenvalue weighted by atomic mass is 35.5. The highest BCUT2D eigenvalue weighted by Crippen LogP contribution is 2.18. The van der Waals surface area contributed by atoms with Crippen LogP contribution in [-0.4, -0.2) is 17.9 Å². The Bertz CT molecular complexity index is 784. The zero-order valence-electron chi connectivity index (χ0n) is 12.7. The molecule has 2 amide bonds. The average molecular weight is 344 g/mol. The van der Waals surface area contributed by atoms with E-state index in [-0.39, 0.29) is 0 Å². The molecule has 1 unspecified atom stereocenters. The van der Waals surface area contributed by atoms with Crippen LogP contribution < -0.4 is 15.6 Å². The van der Waals surface area contributed by atoms with E-state index in [9.17, 15) is 9.59 Å². The van der Waals surface area contributed by atoms with E-state index in [1.54, 1.807) is 36.4 Å². The fourth-order valence-electron chi connectivity index (χ4n) is 1.80. The Hall–Kier alpha value is -3.04. The van der Waals surface area contributed by atoms with Crippen molar-refractivity contribution >= 4 is 23.4 Å². The maximum atomic E-state index is 12.0. The molecular formula is C17H14ClN3O3. The maximum absolute atomic E-state index is 12.0. The molecule has 0 aromatic heterocycles. The fourth-order valence-corrected chi connectivity index (χ4v) is 1.93. The number of carbonyl (C=O) groups is 2. The van der Waals surface area contributed by atoms with E-state index in [1.165, 1.54) is 19.1 Å². The summed E-state index contributed by atoms with van der Waals surface area (Å²) in [5, 5.41) is 9.50. The van der Waals surface area contributed by atoms with Crippen LogP contribution in [0.25, 0.3) is 0 Å². The van der Waals surface area contributed by atoms with E-state index in [1.807, 2.05) is 6.07 Å². The molecule has 2 N–H and O–H groups in total. The third-order valence-electron chi connectivity index (χ3n) is 3.09. The van der Waals surface area contributed by atoms with Crippen molar-refractivity contribution in [2.75, 3.05) is 0 Å². The minimum atomic E-state index is -0.898. The molecule has 24 heavy (non-hydrogen) atoms. The van der Waals surface area contributed by atoms with Crippen LogP contribution >= 0.6 is 11.6 Å². The number of carbonyl (C=O) groups excluding carboxylic acids is 2. The van der Waals surface area contributed by atoms with E-state index >= 15 is 0 Å². The molecule has 0 aliphatic carbocycles. The van der Waals surface area contributed by atoms with Gasteiger partial charge >= 0.3 is 0 Å². The Kier molecular flexibility index (Phi) is 5.77. The van der Waals surface area contributed by atoms with Gasteiger partial charge in [0.05, 0.1) is 5.56 Å². The Morgan fingerprint density at radius 2 is 1.79 bits per heavy atom. The first-order valence-electron chi connectivity index (χ1n) is 7.03. The number of nitrogens with zero attached hydrogens (tertiary/aromatic N) is 1. The molecular weight excluding hydrogens is 330 g/mol. The summed E-state index contributed by atoms with van der Waals surface area (Å²) in [5.74, 6) is -0.735. The molecule has 0 fully saturated rings. The van der Waals surface area contributed by atoms with Gasteiger partial charge in [0.25, 0.3) is 11.8 Å². The van der Waals surface area contributed by atoms with Gasteiger partial charge in [0, 0.05) is 10.6 Å². The molecule has 0 bridgehead atoms. The van der Waals surface area contributed by atoms with Crippen LogP contribution in [0.5, 0.6) is 5.75 Å². The summed E-state index contributed by atoms with van der Waals surface area (Å²) >= 11 is 5.75. The first-order valence-corrected chi connectivity index (χ1v) is 7.40. The number of ether oxygens (including phenoxy) is 1. The third-order valence-corrected chi connectivity index (χ3v) is 3.34. The van der Waals surface area contributed by atoms with Crippen molar-refractivity contribution in [3.05, 3.63) is 64.7 Å². The molecule has 0 heterocycles. The number of hydrogen-bond donors (Lipinski definition) is 2. The number of nitriles is 1. The van der Waals surface area contributed by atoms with Crippen molar-refractivity contribution in [2.24, 2.45) is 0 Å². The van der Waals surface area contributed by atoms with E-state index < -0.39 is 17.9 Å². The first kappa shape index (κ1) is 17.3. The molecule has 0 saturated heterocycles. The van der Waals surface area contributed by atoms with Gasteiger partial charge in [-0.2, -0.15) is 5.26 Å². The van der Waals surface area contributed by atoms with Crippen LogP contribution in [0.2, 0.25) is 5.02 Å². The molecule has 1 atom stereocenters. The second kappa shape index (κ2) is 7.99. The van der Waals surface area contributed by atoms with Crippen LogP contribution in [0.3, 0.4) is 0 Å². The molecule has 0 saturated carbocycles. The van der Waals surface area contributed by atoms with E-state index in [2.05, 4.69) is 10.9 Å². The van der Waals surface area contributed by atoms with Gasteiger partial charge in [-0.3, -0.25) is 20.4 Å². The maximum Gasteiger partial charge on any atom is 0.279 e. The number of halogens is 1. The zero-order chi connectivity index (χ0) is 17.5. The molecule has 2 aromatic rings. The van der Waals surface area contributed by atoms with Crippen LogP contribution in [0, 0.1) is 11.3 Å². The van der Waals surface area contributed by atoms with Gasteiger partial charge in [-0.25, -0.2) is 0 Å². The van der Waals surface area contributed by atoms with Gasteiger partial charge in [-0.15, -0.1) is 0 Å². The lowest BCUT2D eigenvalue weighted by atomic mass is 10.2. The summed E-state index contributed by atoms with van der Waals surface area (Å²) in [6, 6.07) is 14.8. The lowest BCUT2D eigenvalue weighted by Crippen LogP contribution is -2.47. The van der Waals surface area contributed by atoms with E-state index in [0.29, 0.717) is 21.9 Å². The Balaban J connectivity index is 1.91. The van der Waals surface area contributed by atoms with Gasteiger partial charge in [0.2, 0.25) is 0 Å². The number of hydrogen-bond acceptors (Lipinski definition) is 4. The standard InChI is InChI=1S/C17H14ClN3O3/c1-11(24-15-5-3-2-4-13(15)10-19)16(22)20-21-17(23)12-6-8-14(18)9-7-12/h2-9,11H,1H3,(H,20,22)(H,21,23). The summed E-state index contributed by atoms with van der Waals surface area (Å²) in [4.78, 5) is 23.9. The van der Waals surface area contributed by atoms with Crippen molar-refractivity contribution < 1.29 is 14.3 Å². The summed E-state index contributed by atoms with van der Waals surface area (Å²) in [6.07, 6.45) is -0.898. The number of hydrazine groups is 1. The van der Waals surface area contributed by atoms with Crippen molar-refractivity contribution in [2.45, 2.75) is 13.0 Å². The first-order chi connectivity index (χ1) is 11.5. The van der Waals surface area contributed by atoms with E-state index in [0.717, 1.165) is 0 Å². The number of amides is 2.